The van der Waals surface area contributed by atoms with Gasteiger partial charge in [-0.2, -0.15) is 0 Å². The number of hydrogen-bond acceptors (Lipinski definition) is 4. The van der Waals surface area contributed by atoms with Gasteiger partial charge in [-0.05, 0) is 6.42 Å². The van der Waals surface area contributed by atoms with Crippen molar-refractivity contribution in [1.82, 2.24) is 4.31 Å². The van der Waals surface area contributed by atoms with Gasteiger partial charge in [-0.15, -0.1) is 12.1 Å². The molecular formula is C7H11AlBNO3S. The van der Waals surface area contributed by atoms with Crippen LogP contribution < -0.4 is 0 Å². The standard InChI is InChI=1S/C7H9BNO3S.Al.2H/c1-4-3-6(5(2)8)9(7(4)10)13(11)12;;;/h4,6H,2-3H2,1H3;;;/q-1;+1;;. The Morgan fingerprint density at radius 3 is 2.43 bits per heavy atom. The second-order valence-electron chi connectivity index (χ2n) is 3.11. The summed E-state index contributed by atoms with van der Waals surface area (Å²) < 4.78 is 22.1. The molecule has 0 N–H and O–H groups in total. The fourth-order valence-corrected chi connectivity index (χ4v) is 2.14. The first kappa shape index (κ1) is 13.8. The van der Waals surface area contributed by atoms with E-state index in [0.717, 1.165) is 4.31 Å². The van der Waals surface area contributed by atoms with E-state index in [4.69, 9.17) is 7.85 Å². The second kappa shape index (κ2) is 5.01. The predicted molar refractivity (Wildman–Crippen MR) is 56.6 cm³/mol. The topological polar surface area (TPSA) is 54.5 Å². The number of hydrogen-bond donors (Lipinski definition) is 0. The van der Waals surface area contributed by atoms with E-state index in [9.17, 15) is 13.2 Å². The van der Waals surface area contributed by atoms with Crippen LogP contribution in [0.25, 0.3) is 0 Å². The van der Waals surface area contributed by atoms with Gasteiger partial charge in [0.05, 0.1) is 0 Å². The maximum absolute atomic E-state index is 11.3. The summed E-state index contributed by atoms with van der Waals surface area (Å²) in [7, 11) is 2.84. The molecular weight excluding hydrogens is 216 g/mol. The van der Waals surface area contributed by atoms with Crippen LogP contribution >= 0.6 is 0 Å². The molecule has 14 heavy (non-hydrogen) atoms. The Labute approximate surface area is 97.0 Å². The average molecular weight is 227 g/mol. The molecule has 2 atom stereocenters. The summed E-state index contributed by atoms with van der Waals surface area (Å²) in [4.78, 5) is 11.3. The number of carbonyl (C=O) groups is 1. The minimum Gasteiger partial charge on any atom is -0.403 e. The van der Waals surface area contributed by atoms with Crippen molar-refractivity contribution >= 4 is 42.0 Å². The van der Waals surface area contributed by atoms with E-state index in [2.05, 4.69) is 6.58 Å². The fraction of sp³-hybridized carbons (Fsp3) is 0.571. The van der Waals surface area contributed by atoms with E-state index in [1.807, 2.05) is 0 Å². The monoisotopic (exact) mass is 227 g/mol. The van der Waals surface area contributed by atoms with Crippen molar-refractivity contribution in [2.75, 3.05) is 0 Å². The summed E-state index contributed by atoms with van der Waals surface area (Å²) in [6, 6.07) is -0.569. The Balaban J connectivity index is 0.00000169. The molecule has 1 amide bonds. The molecule has 2 unspecified atom stereocenters. The zero-order valence-electron chi connectivity index (χ0n) is 8.23. The molecule has 0 saturated carbocycles. The Morgan fingerprint density at radius 2 is 2.14 bits per heavy atom. The van der Waals surface area contributed by atoms with Crippen LogP contribution in [0, 0.1) is 5.92 Å². The molecule has 1 rings (SSSR count). The van der Waals surface area contributed by atoms with Crippen LogP contribution in [0.2, 0.25) is 0 Å². The Bertz CT molecular complexity index is 323. The van der Waals surface area contributed by atoms with Crippen LogP contribution in [0.5, 0.6) is 0 Å². The number of amides is 1. The molecule has 0 spiro atoms. The van der Waals surface area contributed by atoms with Crippen molar-refractivity contribution in [1.29, 1.82) is 0 Å². The van der Waals surface area contributed by atoms with Crippen molar-refractivity contribution in [3.8, 4) is 0 Å². The van der Waals surface area contributed by atoms with Gasteiger partial charge in [0.2, 0.25) is 5.91 Å². The van der Waals surface area contributed by atoms with Crippen LogP contribution in [-0.2, 0) is 24.1 Å². The largest absolute Gasteiger partial charge is 0.403 e. The quantitative estimate of drug-likeness (QED) is 0.459. The number of rotatable bonds is 2. The Hall–Kier alpha value is -0.243. The summed E-state index contributed by atoms with van der Waals surface area (Å²) >= 11 is 0. The van der Waals surface area contributed by atoms with Gasteiger partial charge in [0.25, 0.3) is 0 Å². The third-order valence-corrected chi connectivity index (χ3v) is 2.84. The predicted octanol–water partition coefficient (Wildman–Crippen LogP) is -0.786. The SMILES string of the molecule is [AlH2+].[B]C(=C)C1CC(C)C(=O)N1[S-](=O)=O. The number of nitrogens with zero attached hydrogens (tertiary/aromatic N) is 1. The maximum atomic E-state index is 11.3. The minimum atomic E-state index is -2.55. The first-order valence-electron chi connectivity index (χ1n) is 3.82. The van der Waals surface area contributed by atoms with Gasteiger partial charge in [0.15, 0.2) is 0 Å². The first-order valence-corrected chi connectivity index (χ1v) is 4.85. The molecule has 2 radical (unpaired) electrons. The third kappa shape index (κ3) is 2.41. The third-order valence-electron chi connectivity index (χ3n) is 2.09. The summed E-state index contributed by atoms with van der Waals surface area (Å²) in [6.07, 6.45) is 0.419. The molecule has 0 aliphatic carbocycles. The van der Waals surface area contributed by atoms with E-state index in [1.165, 1.54) is 0 Å². The van der Waals surface area contributed by atoms with E-state index < -0.39 is 22.8 Å². The van der Waals surface area contributed by atoms with Gasteiger partial charge in [-0.25, -0.2) is 0 Å². The summed E-state index contributed by atoms with van der Waals surface area (Å²) in [5.41, 5.74) is 0.210. The van der Waals surface area contributed by atoms with Crippen LogP contribution in [0.15, 0.2) is 12.1 Å². The van der Waals surface area contributed by atoms with Crippen LogP contribution in [0.4, 0.5) is 0 Å². The summed E-state index contributed by atoms with van der Waals surface area (Å²) in [6.45, 7) is 5.12. The molecule has 0 aromatic heterocycles. The average Bonchev–Trinajstić information content (AvgIpc) is 2.28. The van der Waals surface area contributed by atoms with Gasteiger partial charge in [-0.3, -0.25) is 4.79 Å². The fourth-order valence-electron chi connectivity index (χ4n) is 1.38. The molecule has 0 aromatic rings. The van der Waals surface area contributed by atoms with E-state index in [-0.39, 0.29) is 28.8 Å². The Morgan fingerprint density at radius 1 is 1.64 bits per heavy atom. The van der Waals surface area contributed by atoms with Crippen molar-refractivity contribution in [2.45, 2.75) is 19.4 Å². The Kier molecular flexibility index (Phi) is 4.93. The van der Waals surface area contributed by atoms with Crippen molar-refractivity contribution in [3.05, 3.63) is 12.1 Å². The van der Waals surface area contributed by atoms with E-state index in [1.54, 1.807) is 6.92 Å². The van der Waals surface area contributed by atoms with Crippen LogP contribution in [-0.4, -0.2) is 41.5 Å². The summed E-state index contributed by atoms with van der Waals surface area (Å²) in [5.74, 6) is -0.715. The molecule has 4 nitrogen and oxygen atoms in total. The smallest absolute Gasteiger partial charge is 0.211 e. The van der Waals surface area contributed by atoms with Gasteiger partial charge < -0.3 is 12.7 Å². The normalized spacial score (nSPS) is 26.4. The second-order valence-corrected chi connectivity index (χ2v) is 3.94. The molecule has 0 aromatic carbocycles. The maximum Gasteiger partial charge on any atom is 0.211 e. The zero-order chi connectivity index (χ0) is 10.2. The van der Waals surface area contributed by atoms with Crippen molar-refractivity contribution < 1.29 is 13.2 Å². The van der Waals surface area contributed by atoms with Crippen molar-refractivity contribution in [2.24, 2.45) is 5.92 Å². The van der Waals surface area contributed by atoms with Gasteiger partial charge in [0.1, 0.15) is 7.85 Å². The van der Waals surface area contributed by atoms with Gasteiger partial charge in [0, 0.05) is 22.8 Å². The zero-order valence-corrected chi connectivity index (χ0v) is 11.0. The molecule has 1 fully saturated rings. The van der Waals surface area contributed by atoms with Crippen molar-refractivity contribution in [3.63, 3.8) is 0 Å². The summed E-state index contributed by atoms with van der Waals surface area (Å²) in [5, 5.41) is 0. The molecule has 1 saturated heterocycles. The van der Waals surface area contributed by atoms with Crippen LogP contribution in [0.1, 0.15) is 13.3 Å². The van der Waals surface area contributed by atoms with E-state index in [0.29, 0.717) is 6.42 Å². The first-order chi connectivity index (χ1) is 5.95. The molecule has 7 heteroatoms. The molecule has 0 bridgehead atoms. The molecule has 1 aliphatic heterocycles. The van der Waals surface area contributed by atoms with Crippen LogP contribution in [0.3, 0.4) is 0 Å². The molecule has 1 aliphatic rings. The van der Waals surface area contributed by atoms with Gasteiger partial charge in [-0.1, -0.05) is 6.92 Å². The minimum absolute atomic E-state index is 0. The number of carbonyl (C=O) groups excluding carboxylic acids is 1. The van der Waals surface area contributed by atoms with Gasteiger partial charge >= 0.3 is 17.4 Å². The van der Waals surface area contributed by atoms with E-state index >= 15 is 0 Å². The molecule has 1 heterocycles. The molecule has 74 valence electrons.